The fraction of sp³-hybridized carbons (Fsp3) is 0.486. The molecule has 13 heteroatoms. The number of carbonyl (C=O) groups excluding carboxylic acids is 1. The van der Waals surface area contributed by atoms with E-state index in [1.807, 2.05) is 24.3 Å². The van der Waals surface area contributed by atoms with Crippen LogP contribution in [0.3, 0.4) is 0 Å². The number of urea groups is 1. The zero-order valence-corrected chi connectivity index (χ0v) is 31.9. The first kappa shape index (κ1) is 38.9. The second-order valence-electron chi connectivity index (χ2n) is 14.5. The van der Waals surface area contributed by atoms with Gasteiger partial charge in [0.25, 0.3) is 10.0 Å². The molecule has 1 aliphatic rings. The molecule has 0 aliphatic carbocycles. The highest BCUT2D eigenvalue weighted by atomic mass is 32.2. The number of nitrogens with one attached hydrogen (secondary N) is 3. The summed E-state index contributed by atoms with van der Waals surface area (Å²) in [5.74, 6) is 0. The fourth-order valence-electron chi connectivity index (χ4n) is 5.96. The van der Waals surface area contributed by atoms with Crippen molar-refractivity contribution in [2.24, 2.45) is 0 Å². The number of rotatable bonds is 15. The third-order valence-electron chi connectivity index (χ3n) is 9.77. The lowest BCUT2D eigenvalue weighted by molar-refractivity contribution is 0.0597. The molecule has 3 amide bonds. The molecule has 3 aromatic rings. The van der Waals surface area contributed by atoms with Crippen molar-refractivity contribution in [3.05, 3.63) is 84.2 Å². The molecule has 4 rings (SSSR count). The highest BCUT2D eigenvalue weighted by molar-refractivity contribution is 7.92. The summed E-state index contributed by atoms with van der Waals surface area (Å²) in [6.07, 6.45) is 8.08. The Balaban J connectivity index is 1.40. The number of nitrogens with zero attached hydrogens (tertiary/aromatic N) is 2. The minimum absolute atomic E-state index is 0.0595. The van der Waals surface area contributed by atoms with Crippen LogP contribution >= 0.6 is 0 Å². The number of unbranched alkanes of at least 4 members (excludes halogenated alkanes) is 3. The van der Waals surface area contributed by atoms with Crippen molar-refractivity contribution in [1.82, 2.24) is 15.2 Å². The molecule has 1 saturated heterocycles. The monoisotopic (exact) mass is 723 g/mol. The lowest BCUT2D eigenvalue weighted by atomic mass is 10.0. The van der Waals surface area contributed by atoms with Crippen molar-refractivity contribution < 1.29 is 27.5 Å². The summed E-state index contributed by atoms with van der Waals surface area (Å²) < 4.78 is 35.8. The van der Waals surface area contributed by atoms with E-state index in [1.165, 1.54) is 12.1 Å². The molecule has 1 aromatic heterocycles. The van der Waals surface area contributed by atoms with Crippen molar-refractivity contribution in [3.63, 3.8) is 0 Å². The van der Waals surface area contributed by atoms with Crippen molar-refractivity contribution >= 4 is 41.8 Å². The van der Waals surface area contributed by atoms with Gasteiger partial charge in [-0.05, 0) is 97.4 Å². The van der Waals surface area contributed by atoms with E-state index in [0.29, 0.717) is 37.2 Å². The quantitative estimate of drug-likeness (QED) is 0.0909. The van der Waals surface area contributed by atoms with E-state index in [1.54, 1.807) is 41.6 Å². The molecule has 0 bridgehead atoms. The lowest BCUT2D eigenvalue weighted by Crippen LogP contribution is -2.49. The van der Waals surface area contributed by atoms with Gasteiger partial charge in [-0.15, -0.1) is 0 Å². The van der Waals surface area contributed by atoms with Gasteiger partial charge < -0.3 is 20.2 Å². The molecule has 0 saturated carbocycles. The zero-order valence-electron chi connectivity index (χ0n) is 30.1. The van der Waals surface area contributed by atoms with E-state index < -0.39 is 30.5 Å². The Bertz CT molecular complexity index is 1670. The van der Waals surface area contributed by atoms with Crippen LogP contribution in [-0.2, 0) is 20.9 Å². The first-order chi connectivity index (χ1) is 23.6. The van der Waals surface area contributed by atoms with Gasteiger partial charge >= 0.3 is 12.1 Å². The van der Waals surface area contributed by atoms with E-state index in [4.69, 9.17) is 4.43 Å². The number of benzene rings is 2. The van der Waals surface area contributed by atoms with Gasteiger partial charge in [0, 0.05) is 36.4 Å². The molecule has 3 atom stereocenters. The zero-order chi connectivity index (χ0) is 36.5. The second kappa shape index (κ2) is 16.8. The maximum atomic E-state index is 13.1. The number of hydrogen-bond donors (Lipinski definition) is 4. The van der Waals surface area contributed by atoms with Gasteiger partial charge in [-0.1, -0.05) is 65.2 Å². The maximum Gasteiger partial charge on any atom is 0.407 e. The predicted octanol–water partition coefficient (Wildman–Crippen LogP) is 8.40. The van der Waals surface area contributed by atoms with Crippen molar-refractivity contribution in [3.8, 4) is 0 Å². The predicted molar refractivity (Wildman–Crippen MR) is 200 cm³/mol. The number of hydrogen-bond acceptors (Lipinski definition) is 6. The Morgan fingerprint density at radius 3 is 2.28 bits per heavy atom. The molecular weight excluding hydrogens is 671 g/mol. The van der Waals surface area contributed by atoms with E-state index >= 15 is 0 Å². The molecule has 1 aliphatic heterocycles. The smallest absolute Gasteiger partial charge is 0.407 e. The van der Waals surface area contributed by atoms with Crippen LogP contribution in [0.1, 0.15) is 83.5 Å². The number of amides is 3. The van der Waals surface area contributed by atoms with Crippen LogP contribution < -0.4 is 15.4 Å². The molecule has 50 heavy (non-hydrogen) atoms. The Morgan fingerprint density at radius 1 is 1.00 bits per heavy atom. The summed E-state index contributed by atoms with van der Waals surface area (Å²) in [4.78, 5) is 30.8. The average Bonchev–Trinajstić information content (AvgIpc) is 3.48. The molecule has 11 nitrogen and oxygen atoms in total. The van der Waals surface area contributed by atoms with Gasteiger partial charge in [-0.3, -0.25) is 14.6 Å². The highest BCUT2D eigenvalue weighted by Gasteiger charge is 2.47. The minimum atomic E-state index is -3.89. The number of sulfonamides is 1. The first-order valence-corrected chi connectivity index (χ1v) is 21.9. The summed E-state index contributed by atoms with van der Waals surface area (Å²) >= 11 is 0. The van der Waals surface area contributed by atoms with E-state index in [0.717, 1.165) is 36.8 Å². The standard InChI is InChI=1S/C37H53N5O6SSi/c1-7-8-9-10-24-39-35(43)40-29-17-20-32(21-18-29)49(46,47)41-30-15-13-27(14-16-30)25-31-19-22-33(42(31)36(44)45)34(28-12-11-23-38-26-28)48-50(5,6)37(2,3)4/h11-18,20-21,23,26,31,33-34,41H,7-10,19,22,24-25H2,1-6H3,(H,44,45)(H2,39,40,43)/t31-,33+,34+/m0/s1. The average molecular weight is 724 g/mol. The van der Waals surface area contributed by atoms with Crippen LogP contribution in [0.2, 0.25) is 18.1 Å². The van der Waals surface area contributed by atoms with Crippen LogP contribution in [0, 0.1) is 0 Å². The van der Waals surface area contributed by atoms with Gasteiger partial charge in [-0.2, -0.15) is 0 Å². The molecule has 0 unspecified atom stereocenters. The van der Waals surface area contributed by atoms with Crippen LogP contribution in [0.15, 0.2) is 78.0 Å². The number of anilines is 2. The largest absolute Gasteiger partial charge is 0.465 e. The van der Waals surface area contributed by atoms with Gasteiger partial charge in [-0.25, -0.2) is 18.0 Å². The van der Waals surface area contributed by atoms with Gasteiger partial charge in [0.05, 0.1) is 17.0 Å². The summed E-state index contributed by atoms with van der Waals surface area (Å²) in [5.41, 5.74) is 2.64. The van der Waals surface area contributed by atoms with Crippen LogP contribution in [0.5, 0.6) is 0 Å². The summed E-state index contributed by atoms with van der Waals surface area (Å²) in [6.45, 7) is 13.6. The van der Waals surface area contributed by atoms with Crippen LogP contribution in [0.25, 0.3) is 0 Å². The molecule has 0 radical (unpaired) electrons. The van der Waals surface area contributed by atoms with Gasteiger partial charge in [0.15, 0.2) is 8.32 Å². The number of aromatic nitrogens is 1. The summed E-state index contributed by atoms with van der Waals surface area (Å²) in [7, 11) is -6.16. The summed E-state index contributed by atoms with van der Waals surface area (Å²) in [5, 5.41) is 15.9. The van der Waals surface area contributed by atoms with Crippen molar-refractivity contribution in [2.75, 3.05) is 16.6 Å². The van der Waals surface area contributed by atoms with Crippen LogP contribution in [-0.4, -0.2) is 62.5 Å². The molecule has 2 heterocycles. The Morgan fingerprint density at radius 2 is 1.68 bits per heavy atom. The molecule has 2 aromatic carbocycles. The van der Waals surface area contributed by atoms with E-state index in [-0.39, 0.29) is 28.0 Å². The number of carboxylic acid groups (broad SMARTS) is 1. The summed E-state index contributed by atoms with van der Waals surface area (Å²) in [6, 6.07) is 15.8. The Kier molecular flexibility index (Phi) is 13.1. The third-order valence-corrected chi connectivity index (χ3v) is 15.6. The highest BCUT2D eigenvalue weighted by Crippen LogP contribution is 2.44. The Labute approximate surface area is 298 Å². The van der Waals surface area contributed by atoms with E-state index in [9.17, 15) is 23.1 Å². The second-order valence-corrected chi connectivity index (χ2v) is 21.0. The topological polar surface area (TPSA) is 150 Å². The molecule has 0 spiro atoms. The van der Waals surface area contributed by atoms with E-state index in [2.05, 4.69) is 61.1 Å². The Hall–Kier alpha value is -3.94. The van der Waals surface area contributed by atoms with Gasteiger partial charge in [0.1, 0.15) is 0 Å². The normalized spacial score (nSPS) is 17.3. The SMILES string of the molecule is CCCCCCNC(=O)Nc1ccc(S(=O)(=O)Nc2ccc(C[C@@H]3CC[C@H]([C@H](O[Si](C)(C)C(C)(C)C)c4cccnc4)N3C(=O)O)cc2)cc1. The van der Waals surface area contributed by atoms with Crippen molar-refractivity contribution in [1.29, 1.82) is 0 Å². The van der Waals surface area contributed by atoms with Gasteiger partial charge in [0.2, 0.25) is 0 Å². The molecule has 1 fully saturated rings. The first-order valence-electron chi connectivity index (χ1n) is 17.5. The fourth-order valence-corrected chi connectivity index (χ4v) is 8.30. The maximum absolute atomic E-state index is 13.1. The molecule has 272 valence electrons. The van der Waals surface area contributed by atoms with Crippen LogP contribution in [0.4, 0.5) is 21.0 Å². The molecular formula is C37H53N5O6SSi. The lowest BCUT2D eigenvalue weighted by Gasteiger charge is -2.42. The number of carbonyl (C=O) groups is 2. The molecule has 4 N–H and O–H groups in total. The number of likely N-dealkylation sites (tertiary alicyclic amines) is 1. The minimum Gasteiger partial charge on any atom is -0.465 e. The van der Waals surface area contributed by atoms with Crippen molar-refractivity contribution in [2.45, 2.75) is 114 Å². The third kappa shape index (κ3) is 10.3. The number of pyridine rings is 1.